The van der Waals surface area contributed by atoms with E-state index in [9.17, 15) is 4.39 Å². The van der Waals surface area contributed by atoms with Gasteiger partial charge in [-0.05, 0) is 51.2 Å². The van der Waals surface area contributed by atoms with E-state index in [-0.39, 0.29) is 11.2 Å². The molecule has 0 aliphatic heterocycles. The van der Waals surface area contributed by atoms with Crippen LogP contribution in [0.25, 0.3) is 0 Å². The van der Waals surface area contributed by atoms with E-state index in [0.29, 0.717) is 4.47 Å². The summed E-state index contributed by atoms with van der Waals surface area (Å²) in [6.07, 6.45) is 1.00. The zero-order valence-electron chi connectivity index (χ0n) is 9.96. The third-order valence-corrected chi connectivity index (χ3v) is 4.06. The first kappa shape index (κ1) is 13.6. The van der Waals surface area contributed by atoms with Crippen molar-refractivity contribution in [3.8, 4) is 0 Å². The third-order valence-electron chi connectivity index (χ3n) is 2.92. The molecule has 0 saturated carbocycles. The molecule has 0 aliphatic carbocycles. The van der Waals surface area contributed by atoms with Crippen LogP contribution in [0.2, 0.25) is 0 Å². The Labute approximate surface area is 120 Å². The summed E-state index contributed by atoms with van der Waals surface area (Å²) in [4.78, 5) is 0. The maximum absolute atomic E-state index is 13.5. The Kier molecular flexibility index (Phi) is 4.41. The zero-order valence-corrected chi connectivity index (χ0v) is 12.3. The molecule has 0 nitrogen and oxygen atoms in total. The molecule has 0 heterocycles. The number of hydrogen-bond acceptors (Lipinski definition) is 0. The maximum Gasteiger partial charge on any atom is 0.137 e. The smallest absolute Gasteiger partial charge is 0.137 e. The number of benzene rings is 2. The standard InChI is InChI=1S/C15H13BrClF/c1-2-10-3-5-11(6-4-10)15(17)12-7-8-13(16)14(18)9-12/h3-9,15H,2H2,1H3. The monoisotopic (exact) mass is 326 g/mol. The minimum Gasteiger partial charge on any atom is -0.206 e. The van der Waals surface area contributed by atoms with Gasteiger partial charge in [0, 0.05) is 0 Å². The summed E-state index contributed by atoms with van der Waals surface area (Å²) in [5, 5.41) is -0.321. The van der Waals surface area contributed by atoms with Gasteiger partial charge in [-0.2, -0.15) is 0 Å². The lowest BCUT2D eigenvalue weighted by Crippen LogP contribution is -1.95. The number of aryl methyl sites for hydroxylation is 1. The normalized spacial score (nSPS) is 12.4. The molecule has 3 heteroatoms. The SMILES string of the molecule is CCc1ccc(C(Cl)c2ccc(Br)c(F)c2)cc1. The molecular weight excluding hydrogens is 315 g/mol. The molecule has 1 atom stereocenters. The molecule has 1 unspecified atom stereocenters. The van der Waals surface area contributed by atoms with Gasteiger partial charge < -0.3 is 0 Å². The highest BCUT2D eigenvalue weighted by Crippen LogP contribution is 2.30. The molecule has 94 valence electrons. The average molecular weight is 328 g/mol. The van der Waals surface area contributed by atoms with Crippen molar-refractivity contribution < 1.29 is 4.39 Å². The predicted molar refractivity (Wildman–Crippen MR) is 77.6 cm³/mol. The number of alkyl halides is 1. The van der Waals surface area contributed by atoms with Crippen LogP contribution in [0.1, 0.15) is 29.0 Å². The second-order valence-electron chi connectivity index (χ2n) is 4.13. The lowest BCUT2D eigenvalue weighted by molar-refractivity contribution is 0.619. The molecule has 2 aromatic rings. The van der Waals surface area contributed by atoms with Gasteiger partial charge in [-0.3, -0.25) is 0 Å². The van der Waals surface area contributed by atoms with E-state index in [2.05, 4.69) is 35.0 Å². The van der Waals surface area contributed by atoms with Gasteiger partial charge in [0.2, 0.25) is 0 Å². The van der Waals surface area contributed by atoms with Crippen molar-refractivity contribution in [3.05, 3.63) is 69.4 Å². The Morgan fingerprint density at radius 3 is 2.28 bits per heavy atom. The van der Waals surface area contributed by atoms with Crippen molar-refractivity contribution >= 4 is 27.5 Å². The quantitative estimate of drug-likeness (QED) is 0.655. The Morgan fingerprint density at radius 2 is 1.72 bits per heavy atom. The molecular formula is C15H13BrClF. The fourth-order valence-corrected chi connectivity index (χ4v) is 2.31. The minimum atomic E-state index is -0.321. The molecule has 2 aromatic carbocycles. The van der Waals surface area contributed by atoms with E-state index in [1.54, 1.807) is 6.07 Å². The Hall–Kier alpha value is -0.860. The van der Waals surface area contributed by atoms with Crippen molar-refractivity contribution in [1.29, 1.82) is 0 Å². The van der Waals surface area contributed by atoms with Crippen LogP contribution in [0.5, 0.6) is 0 Å². The van der Waals surface area contributed by atoms with Crippen LogP contribution < -0.4 is 0 Å². The Morgan fingerprint density at radius 1 is 1.11 bits per heavy atom. The van der Waals surface area contributed by atoms with Crippen LogP contribution in [0.3, 0.4) is 0 Å². The molecule has 0 bridgehead atoms. The highest BCUT2D eigenvalue weighted by Gasteiger charge is 2.12. The van der Waals surface area contributed by atoms with Gasteiger partial charge in [0.1, 0.15) is 5.82 Å². The minimum absolute atomic E-state index is 0.289. The summed E-state index contributed by atoms with van der Waals surface area (Å²) in [5.74, 6) is -0.289. The summed E-state index contributed by atoms with van der Waals surface area (Å²) >= 11 is 9.50. The second-order valence-corrected chi connectivity index (χ2v) is 5.42. The molecule has 0 saturated heterocycles. The van der Waals surface area contributed by atoms with Gasteiger partial charge in [0.15, 0.2) is 0 Å². The van der Waals surface area contributed by atoms with Crippen LogP contribution in [0, 0.1) is 5.82 Å². The zero-order chi connectivity index (χ0) is 13.1. The van der Waals surface area contributed by atoms with E-state index in [1.807, 2.05) is 18.2 Å². The summed E-state index contributed by atoms with van der Waals surface area (Å²) in [5.41, 5.74) is 3.02. The number of hydrogen-bond donors (Lipinski definition) is 0. The first-order chi connectivity index (χ1) is 8.61. The number of rotatable bonds is 3. The van der Waals surface area contributed by atoms with Crippen LogP contribution in [-0.2, 0) is 6.42 Å². The largest absolute Gasteiger partial charge is 0.206 e. The van der Waals surface area contributed by atoms with Crippen molar-refractivity contribution in [2.24, 2.45) is 0 Å². The van der Waals surface area contributed by atoms with Gasteiger partial charge in [-0.1, -0.05) is 37.3 Å². The summed E-state index contributed by atoms with van der Waals surface area (Å²) in [6.45, 7) is 2.11. The van der Waals surface area contributed by atoms with E-state index in [0.717, 1.165) is 17.5 Å². The molecule has 0 radical (unpaired) electrons. The number of halogens is 3. The van der Waals surface area contributed by atoms with Crippen molar-refractivity contribution in [2.45, 2.75) is 18.7 Å². The molecule has 0 spiro atoms. The van der Waals surface area contributed by atoms with E-state index in [4.69, 9.17) is 11.6 Å². The van der Waals surface area contributed by atoms with Gasteiger partial charge in [0.05, 0.1) is 9.85 Å². The van der Waals surface area contributed by atoms with Crippen LogP contribution in [0.4, 0.5) is 4.39 Å². The first-order valence-electron chi connectivity index (χ1n) is 5.79. The Bertz CT molecular complexity index is 537. The van der Waals surface area contributed by atoms with Gasteiger partial charge in [-0.15, -0.1) is 11.6 Å². The maximum atomic E-state index is 13.5. The van der Waals surface area contributed by atoms with E-state index >= 15 is 0 Å². The van der Waals surface area contributed by atoms with Crippen molar-refractivity contribution in [3.63, 3.8) is 0 Å². The average Bonchev–Trinajstić information content (AvgIpc) is 2.41. The predicted octanol–water partition coefficient (Wildman–Crippen LogP) is 5.48. The summed E-state index contributed by atoms with van der Waals surface area (Å²) < 4.78 is 13.9. The molecule has 0 aromatic heterocycles. The molecule has 0 amide bonds. The topological polar surface area (TPSA) is 0 Å². The van der Waals surface area contributed by atoms with Gasteiger partial charge in [0.25, 0.3) is 0 Å². The highest BCUT2D eigenvalue weighted by molar-refractivity contribution is 9.10. The molecule has 18 heavy (non-hydrogen) atoms. The van der Waals surface area contributed by atoms with Crippen LogP contribution in [-0.4, -0.2) is 0 Å². The van der Waals surface area contributed by atoms with Crippen LogP contribution >= 0.6 is 27.5 Å². The lowest BCUT2D eigenvalue weighted by Gasteiger charge is -2.11. The molecule has 0 N–H and O–H groups in total. The van der Waals surface area contributed by atoms with Crippen molar-refractivity contribution in [1.82, 2.24) is 0 Å². The summed E-state index contributed by atoms with van der Waals surface area (Å²) in [7, 11) is 0. The lowest BCUT2D eigenvalue weighted by atomic mass is 10.0. The van der Waals surface area contributed by atoms with Gasteiger partial charge >= 0.3 is 0 Å². The van der Waals surface area contributed by atoms with E-state index < -0.39 is 0 Å². The highest BCUT2D eigenvalue weighted by atomic mass is 79.9. The first-order valence-corrected chi connectivity index (χ1v) is 7.02. The molecule has 0 fully saturated rings. The van der Waals surface area contributed by atoms with Crippen molar-refractivity contribution in [2.75, 3.05) is 0 Å². The summed E-state index contributed by atoms with van der Waals surface area (Å²) in [6, 6.07) is 13.1. The molecule has 2 rings (SSSR count). The van der Waals surface area contributed by atoms with E-state index in [1.165, 1.54) is 11.6 Å². The van der Waals surface area contributed by atoms with Gasteiger partial charge in [-0.25, -0.2) is 4.39 Å². The van der Waals surface area contributed by atoms with Crippen LogP contribution in [0.15, 0.2) is 46.9 Å². The molecule has 0 aliphatic rings. The fourth-order valence-electron chi connectivity index (χ4n) is 1.78. The second kappa shape index (κ2) is 5.85. The third kappa shape index (κ3) is 2.93. The Balaban J connectivity index is 2.28. The fraction of sp³-hybridized carbons (Fsp3) is 0.200.